The molecule has 1 aromatic carbocycles. The van der Waals surface area contributed by atoms with E-state index in [9.17, 15) is 9.90 Å². The molecule has 2 aromatic rings. The quantitative estimate of drug-likeness (QED) is 0.940. The lowest BCUT2D eigenvalue weighted by molar-refractivity contribution is -0.117. The highest BCUT2D eigenvalue weighted by Gasteiger charge is 2.23. The lowest BCUT2D eigenvalue weighted by Gasteiger charge is -2.18. The fourth-order valence-electron chi connectivity index (χ4n) is 2.78. The van der Waals surface area contributed by atoms with Gasteiger partial charge >= 0.3 is 0 Å². The molecule has 0 fully saturated rings. The summed E-state index contributed by atoms with van der Waals surface area (Å²) in [7, 11) is 0. The van der Waals surface area contributed by atoms with Gasteiger partial charge in [-0.15, -0.1) is 0 Å². The van der Waals surface area contributed by atoms with Crippen molar-refractivity contribution in [2.24, 2.45) is 0 Å². The Labute approximate surface area is 129 Å². The second-order valence-electron chi connectivity index (χ2n) is 5.87. The van der Waals surface area contributed by atoms with Gasteiger partial charge in [0, 0.05) is 17.3 Å². The van der Waals surface area contributed by atoms with Crippen LogP contribution in [0.5, 0.6) is 0 Å². The first-order valence-corrected chi connectivity index (χ1v) is 7.39. The van der Waals surface area contributed by atoms with Crippen molar-refractivity contribution < 1.29 is 9.90 Å². The van der Waals surface area contributed by atoms with E-state index < -0.39 is 5.60 Å². The third-order valence-corrected chi connectivity index (χ3v) is 3.98. The summed E-state index contributed by atoms with van der Waals surface area (Å²) in [5, 5.41) is 11.3. The van der Waals surface area contributed by atoms with Gasteiger partial charge < -0.3 is 9.67 Å². The molecule has 1 aromatic heterocycles. The summed E-state index contributed by atoms with van der Waals surface area (Å²) in [4.78, 5) is 12.8. The van der Waals surface area contributed by atoms with Crippen molar-refractivity contribution >= 4 is 16.7 Å². The zero-order chi connectivity index (χ0) is 15.7. The molecule has 0 saturated heterocycles. The first kappa shape index (κ1) is 14.5. The Bertz CT molecular complexity index is 806. The van der Waals surface area contributed by atoms with E-state index in [1.807, 2.05) is 48.0 Å². The molecule has 1 heterocycles. The van der Waals surface area contributed by atoms with Gasteiger partial charge in [0.25, 0.3) is 0 Å². The van der Waals surface area contributed by atoms with Crippen LogP contribution in [0.3, 0.4) is 0 Å². The summed E-state index contributed by atoms with van der Waals surface area (Å²) in [5.41, 5.74) is 0.458. The molecule has 1 aliphatic carbocycles. The van der Waals surface area contributed by atoms with Gasteiger partial charge in [0.05, 0.1) is 11.6 Å². The average Bonchev–Trinajstić information content (AvgIpc) is 2.84. The predicted octanol–water partition coefficient (Wildman–Crippen LogP) is 3.57. The van der Waals surface area contributed by atoms with E-state index in [1.54, 1.807) is 37.3 Å². The van der Waals surface area contributed by atoms with Crippen LogP contribution in [0, 0.1) is 0 Å². The van der Waals surface area contributed by atoms with E-state index in [4.69, 9.17) is 0 Å². The van der Waals surface area contributed by atoms with E-state index in [2.05, 4.69) is 0 Å². The molecule has 1 aliphatic rings. The van der Waals surface area contributed by atoms with Crippen molar-refractivity contribution in [3.8, 4) is 0 Å². The van der Waals surface area contributed by atoms with Crippen LogP contribution >= 0.6 is 0 Å². The Balaban J connectivity index is 1.97. The molecule has 2 atom stereocenters. The van der Waals surface area contributed by atoms with Gasteiger partial charge in [-0.3, -0.25) is 4.79 Å². The lowest BCUT2D eigenvalue weighted by Crippen LogP contribution is -2.22. The van der Waals surface area contributed by atoms with Crippen molar-refractivity contribution in [2.75, 3.05) is 0 Å². The molecule has 0 aliphatic heterocycles. The standard InChI is InChI=1S/C19H19NO2/c1-14(20-12-10-15-7-3-4-9-17(15)20)18(21)16-8-5-6-11-19(2,22)13-16/h3-14,22H,1-2H3. The van der Waals surface area contributed by atoms with Crippen LogP contribution in [0.1, 0.15) is 19.9 Å². The first-order valence-electron chi connectivity index (χ1n) is 7.39. The van der Waals surface area contributed by atoms with Crippen LogP contribution in [-0.4, -0.2) is 21.1 Å². The molecule has 3 rings (SSSR count). The van der Waals surface area contributed by atoms with Crippen molar-refractivity contribution in [3.63, 3.8) is 0 Å². The van der Waals surface area contributed by atoms with Gasteiger partial charge in [-0.05, 0) is 43.5 Å². The second kappa shape index (κ2) is 5.43. The minimum absolute atomic E-state index is 0.0124. The Morgan fingerprint density at radius 3 is 2.82 bits per heavy atom. The Morgan fingerprint density at radius 2 is 2.00 bits per heavy atom. The molecule has 3 heteroatoms. The number of benzene rings is 1. The van der Waals surface area contributed by atoms with Gasteiger partial charge in [0.1, 0.15) is 0 Å². The van der Waals surface area contributed by atoms with Gasteiger partial charge in [0.15, 0.2) is 5.78 Å². The minimum Gasteiger partial charge on any atom is -0.382 e. The van der Waals surface area contributed by atoms with Gasteiger partial charge in [0.2, 0.25) is 0 Å². The zero-order valence-corrected chi connectivity index (χ0v) is 12.7. The van der Waals surface area contributed by atoms with Crippen molar-refractivity contribution in [2.45, 2.75) is 25.5 Å². The average molecular weight is 293 g/mol. The number of allylic oxidation sites excluding steroid dienone is 4. The molecule has 0 saturated carbocycles. The van der Waals surface area contributed by atoms with E-state index >= 15 is 0 Å². The molecular formula is C19H19NO2. The number of rotatable bonds is 3. The topological polar surface area (TPSA) is 42.2 Å². The summed E-state index contributed by atoms with van der Waals surface area (Å²) in [5.74, 6) is -0.0124. The molecule has 1 N–H and O–H groups in total. The van der Waals surface area contributed by atoms with Gasteiger partial charge in [-0.25, -0.2) is 0 Å². The minimum atomic E-state index is -1.10. The highest BCUT2D eigenvalue weighted by Crippen LogP contribution is 2.24. The molecular weight excluding hydrogens is 274 g/mol. The largest absolute Gasteiger partial charge is 0.382 e. The van der Waals surface area contributed by atoms with E-state index in [-0.39, 0.29) is 11.8 Å². The molecule has 0 radical (unpaired) electrons. The monoisotopic (exact) mass is 293 g/mol. The van der Waals surface area contributed by atoms with E-state index in [0.717, 1.165) is 10.9 Å². The fraction of sp³-hybridized carbons (Fsp3) is 0.211. The number of hydrogen-bond donors (Lipinski definition) is 1. The number of hydrogen-bond acceptors (Lipinski definition) is 2. The Morgan fingerprint density at radius 1 is 1.23 bits per heavy atom. The number of carbonyl (C=O) groups excluding carboxylic acids is 1. The van der Waals surface area contributed by atoms with Crippen LogP contribution in [0.15, 0.2) is 72.5 Å². The summed E-state index contributed by atoms with van der Waals surface area (Å²) < 4.78 is 1.97. The summed E-state index contributed by atoms with van der Waals surface area (Å²) in [6, 6.07) is 9.67. The third kappa shape index (κ3) is 2.68. The number of aliphatic hydroxyl groups is 1. The summed E-state index contributed by atoms with van der Waals surface area (Å²) >= 11 is 0. The fourth-order valence-corrected chi connectivity index (χ4v) is 2.78. The second-order valence-corrected chi connectivity index (χ2v) is 5.87. The van der Waals surface area contributed by atoms with Gasteiger partial charge in [-0.2, -0.15) is 0 Å². The first-order chi connectivity index (χ1) is 10.5. The summed E-state index contributed by atoms with van der Waals surface area (Å²) in [6.07, 6.45) is 10.5. The lowest BCUT2D eigenvalue weighted by atomic mass is 9.98. The number of carbonyl (C=O) groups is 1. The predicted molar refractivity (Wildman–Crippen MR) is 88.6 cm³/mol. The SMILES string of the molecule is CC(C(=O)C1=CC(C)(O)C=CC=C1)n1ccc2ccccc21. The van der Waals surface area contributed by atoms with Crippen LogP contribution in [0.4, 0.5) is 0 Å². The van der Waals surface area contributed by atoms with Crippen molar-refractivity contribution in [1.29, 1.82) is 0 Å². The number of para-hydroxylation sites is 1. The van der Waals surface area contributed by atoms with Crippen molar-refractivity contribution in [1.82, 2.24) is 4.57 Å². The highest BCUT2D eigenvalue weighted by molar-refractivity contribution is 6.01. The van der Waals surface area contributed by atoms with Crippen LogP contribution in [0.2, 0.25) is 0 Å². The zero-order valence-electron chi connectivity index (χ0n) is 12.7. The number of aromatic nitrogens is 1. The van der Waals surface area contributed by atoms with Gasteiger partial charge in [-0.1, -0.05) is 36.4 Å². The van der Waals surface area contributed by atoms with E-state index in [0.29, 0.717) is 5.57 Å². The molecule has 0 spiro atoms. The maximum absolute atomic E-state index is 12.8. The molecule has 3 nitrogen and oxygen atoms in total. The van der Waals surface area contributed by atoms with Crippen LogP contribution in [-0.2, 0) is 4.79 Å². The maximum atomic E-state index is 12.8. The van der Waals surface area contributed by atoms with E-state index in [1.165, 1.54) is 0 Å². The summed E-state index contributed by atoms with van der Waals surface area (Å²) in [6.45, 7) is 3.55. The number of ketones is 1. The van der Waals surface area contributed by atoms with Crippen molar-refractivity contribution in [3.05, 3.63) is 72.5 Å². The molecule has 22 heavy (non-hydrogen) atoms. The molecule has 0 bridgehead atoms. The maximum Gasteiger partial charge on any atom is 0.185 e. The smallest absolute Gasteiger partial charge is 0.185 e. The molecule has 0 amide bonds. The Hall–Kier alpha value is -2.39. The number of fused-ring (bicyclic) bond motifs is 1. The molecule has 2 unspecified atom stereocenters. The third-order valence-electron chi connectivity index (χ3n) is 3.98. The Kier molecular flexibility index (Phi) is 3.59. The highest BCUT2D eigenvalue weighted by atomic mass is 16.3. The normalized spacial score (nSPS) is 22.4. The van der Waals surface area contributed by atoms with Crippen LogP contribution in [0.25, 0.3) is 10.9 Å². The van der Waals surface area contributed by atoms with Crippen LogP contribution < -0.4 is 0 Å². The molecule has 112 valence electrons. The number of Topliss-reactive ketones (excluding diaryl/α,β-unsaturated/α-hetero) is 1. The number of nitrogens with zero attached hydrogens (tertiary/aromatic N) is 1.